The molecule has 0 spiro atoms. The van der Waals surface area contributed by atoms with Crippen molar-refractivity contribution in [2.45, 2.75) is 0 Å². The molecule has 0 aliphatic heterocycles. The Morgan fingerprint density at radius 1 is 1.22 bits per heavy atom. The topological polar surface area (TPSA) is 80.4 Å². The average Bonchev–Trinajstić information content (AvgIpc) is 2.42. The lowest BCUT2D eigenvalue weighted by Gasteiger charge is -2.00. The fourth-order valence-electron chi connectivity index (χ4n) is 1.36. The van der Waals surface area contributed by atoms with Crippen molar-refractivity contribution in [3.63, 3.8) is 0 Å². The Bertz CT molecular complexity index is 566. The van der Waals surface area contributed by atoms with Gasteiger partial charge in [0.25, 0.3) is 5.91 Å². The van der Waals surface area contributed by atoms with Crippen LogP contribution in [-0.2, 0) is 0 Å². The van der Waals surface area contributed by atoms with Gasteiger partial charge in [-0.1, -0.05) is 18.2 Å². The van der Waals surface area contributed by atoms with Gasteiger partial charge in [0.2, 0.25) is 0 Å². The molecule has 0 unspecified atom stereocenters. The molecule has 2 rings (SSSR count). The van der Waals surface area contributed by atoms with Gasteiger partial charge in [-0.3, -0.25) is 9.78 Å². The number of hydrogen-bond acceptors (Lipinski definition) is 4. The lowest BCUT2D eigenvalue weighted by Crippen LogP contribution is -2.17. The summed E-state index contributed by atoms with van der Waals surface area (Å²) in [4.78, 5) is 15.5. The van der Waals surface area contributed by atoms with Crippen molar-refractivity contribution in [1.82, 2.24) is 10.4 Å². The zero-order valence-corrected chi connectivity index (χ0v) is 9.58. The summed E-state index contributed by atoms with van der Waals surface area (Å²) in [5.41, 5.74) is 10.0. The summed E-state index contributed by atoms with van der Waals surface area (Å²) in [6.07, 6.45) is 4.61. The number of amides is 1. The fourth-order valence-corrected chi connectivity index (χ4v) is 1.36. The molecule has 0 aliphatic rings. The molecule has 0 radical (unpaired) electrons. The molecule has 3 N–H and O–H groups in total. The van der Waals surface area contributed by atoms with E-state index in [1.165, 1.54) is 6.21 Å². The zero-order chi connectivity index (χ0) is 12.8. The van der Waals surface area contributed by atoms with Gasteiger partial charge in [0.15, 0.2) is 0 Å². The van der Waals surface area contributed by atoms with Gasteiger partial charge < -0.3 is 5.73 Å². The van der Waals surface area contributed by atoms with Gasteiger partial charge in [0, 0.05) is 29.2 Å². The van der Waals surface area contributed by atoms with Crippen LogP contribution in [0.2, 0.25) is 0 Å². The minimum absolute atomic E-state index is 0.289. The number of aromatic nitrogens is 1. The lowest BCUT2D eigenvalue weighted by molar-refractivity contribution is 0.0955. The van der Waals surface area contributed by atoms with Gasteiger partial charge in [-0.05, 0) is 18.2 Å². The highest BCUT2D eigenvalue weighted by Gasteiger charge is 2.02. The molecule has 5 nitrogen and oxygen atoms in total. The molecule has 0 fully saturated rings. The quantitative estimate of drug-likeness (QED) is 0.484. The molecule has 18 heavy (non-hydrogen) atoms. The molecule has 0 bridgehead atoms. The number of hydrogen-bond donors (Lipinski definition) is 2. The number of rotatable bonds is 3. The maximum absolute atomic E-state index is 11.6. The average molecular weight is 240 g/mol. The van der Waals surface area contributed by atoms with Crippen molar-refractivity contribution in [3.05, 3.63) is 59.9 Å². The van der Waals surface area contributed by atoms with E-state index >= 15 is 0 Å². The second-order valence-electron chi connectivity index (χ2n) is 3.56. The minimum Gasteiger partial charge on any atom is -0.398 e. The van der Waals surface area contributed by atoms with Crippen LogP contribution >= 0.6 is 0 Å². The smallest absolute Gasteiger partial charge is 0.271 e. The van der Waals surface area contributed by atoms with E-state index < -0.39 is 0 Å². The van der Waals surface area contributed by atoms with E-state index in [1.54, 1.807) is 30.6 Å². The highest BCUT2D eigenvalue weighted by molar-refractivity contribution is 5.95. The Hall–Kier alpha value is -2.69. The maximum Gasteiger partial charge on any atom is 0.271 e. The number of para-hydroxylation sites is 1. The van der Waals surface area contributed by atoms with E-state index in [-0.39, 0.29) is 5.91 Å². The Balaban J connectivity index is 2.00. The van der Waals surface area contributed by atoms with Gasteiger partial charge in [0.1, 0.15) is 0 Å². The monoisotopic (exact) mass is 240 g/mol. The molecule has 1 heterocycles. The number of carbonyl (C=O) groups is 1. The number of nitrogens with two attached hydrogens (primary N) is 1. The number of nitrogen functional groups attached to an aromatic ring is 1. The molecule has 1 aromatic carbocycles. The summed E-state index contributed by atoms with van der Waals surface area (Å²) in [6.45, 7) is 0. The summed E-state index contributed by atoms with van der Waals surface area (Å²) < 4.78 is 0. The number of carbonyl (C=O) groups excluding carboxylic acids is 1. The third-order valence-corrected chi connectivity index (χ3v) is 2.31. The second-order valence-corrected chi connectivity index (χ2v) is 3.56. The van der Waals surface area contributed by atoms with Crippen LogP contribution in [0.4, 0.5) is 5.69 Å². The SMILES string of the molecule is Nc1ccccc1C=NNC(=O)c1ccncc1. The molecule has 0 saturated carbocycles. The van der Waals surface area contributed by atoms with Crippen LogP contribution in [0.25, 0.3) is 0 Å². The third-order valence-electron chi connectivity index (χ3n) is 2.31. The van der Waals surface area contributed by atoms with Gasteiger partial charge in [-0.25, -0.2) is 5.43 Å². The highest BCUT2D eigenvalue weighted by Crippen LogP contribution is 2.06. The van der Waals surface area contributed by atoms with Crippen LogP contribution in [0, 0.1) is 0 Å². The first-order valence-electron chi connectivity index (χ1n) is 5.35. The molecule has 5 heteroatoms. The number of pyridine rings is 1. The summed E-state index contributed by atoms with van der Waals surface area (Å²) in [6, 6.07) is 10.5. The Labute approximate surface area is 104 Å². The molecule has 0 aliphatic carbocycles. The number of nitrogens with one attached hydrogen (secondary N) is 1. The minimum atomic E-state index is -0.289. The number of anilines is 1. The summed E-state index contributed by atoms with van der Waals surface area (Å²) >= 11 is 0. The van der Waals surface area contributed by atoms with Gasteiger partial charge in [-0.2, -0.15) is 5.10 Å². The fraction of sp³-hybridized carbons (Fsp3) is 0. The molecular formula is C13H12N4O. The molecule has 90 valence electrons. The van der Waals surface area contributed by atoms with E-state index in [0.717, 1.165) is 5.56 Å². The standard InChI is InChI=1S/C13H12N4O/c14-12-4-2-1-3-11(12)9-16-17-13(18)10-5-7-15-8-6-10/h1-9H,14H2,(H,17,18). The number of nitrogens with zero attached hydrogens (tertiary/aromatic N) is 2. The first kappa shape index (κ1) is 11.8. The molecule has 1 amide bonds. The Morgan fingerprint density at radius 3 is 2.67 bits per heavy atom. The van der Waals surface area contributed by atoms with Gasteiger partial charge >= 0.3 is 0 Å². The van der Waals surface area contributed by atoms with Crippen LogP contribution in [0.1, 0.15) is 15.9 Å². The van der Waals surface area contributed by atoms with Crippen LogP contribution in [-0.4, -0.2) is 17.1 Å². The lowest BCUT2D eigenvalue weighted by atomic mass is 10.2. The van der Waals surface area contributed by atoms with Crippen LogP contribution in [0.5, 0.6) is 0 Å². The van der Waals surface area contributed by atoms with E-state index in [1.807, 2.05) is 18.2 Å². The van der Waals surface area contributed by atoms with E-state index in [9.17, 15) is 4.79 Å². The molecule has 0 saturated heterocycles. The second kappa shape index (κ2) is 5.58. The van der Waals surface area contributed by atoms with Crippen molar-refractivity contribution < 1.29 is 4.79 Å². The highest BCUT2D eigenvalue weighted by atomic mass is 16.2. The summed E-state index contributed by atoms with van der Waals surface area (Å²) in [5, 5.41) is 3.85. The largest absolute Gasteiger partial charge is 0.398 e. The molecule has 2 aromatic rings. The van der Waals surface area contributed by atoms with Crippen LogP contribution in [0.3, 0.4) is 0 Å². The van der Waals surface area contributed by atoms with Gasteiger partial charge in [0.05, 0.1) is 6.21 Å². The first-order chi connectivity index (χ1) is 8.77. The van der Waals surface area contributed by atoms with Crippen molar-refractivity contribution >= 4 is 17.8 Å². The van der Waals surface area contributed by atoms with Crippen molar-refractivity contribution in [2.24, 2.45) is 5.10 Å². The van der Waals surface area contributed by atoms with Gasteiger partial charge in [-0.15, -0.1) is 0 Å². The van der Waals surface area contributed by atoms with Crippen molar-refractivity contribution in [3.8, 4) is 0 Å². The molecule has 0 atom stereocenters. The summed E-state index contributed by atoms with van der Waals surface area (Å²) in [5.74, 6) is -0.289. The van der Waals surface area contributed by atoms with Crippen LogP contribution in [0.15, 0.2) is 53.9 Å². The maximum atomic E-state index is 11.6. The van der Waals surface area contributed by atoms with Crippen molar-refractivity contribution in [2.75, 3.05) is 5.73 Å². The normalized spacial score (nSPS) is 10.4. The molecular weight excluding hydrogens is 228 g/mol. The van der Waals surface area contributed by atoms with E-state index in [0.29, 0.717) is 11.3 Å². The molecule has 1 aromatic heterocycles. The third kappa shape index (κ3) is 2.91. The zero-order valence-electron chi connectivity index (χ0n) is 9.58. The number of benzene rings is 1. The van der Waals surface area contributed by atoms with Crippen LogP contribution < -0.4 is 11.2 Å². The Morgan fingerprint density at radius 2 is 1.94 bits per heavy atom. The Kier molecular flexibility index (Phi) is 3.66. The first-order valence-corrected chi connectivity index (χ1v) is 5.35. The van der Waals surface area contributed by atoms with Crippen molar-refractivity contribution in [1.29, 1.82) is 0 Å². The van der Waals surface area contributed by atoms with E-state index in [4.69, 9.17) is 5.73 Å². The number of hydrazone groups is 1. The van der Waals surface area contributed by atoms with E-state index in [2.05, 4.69) is 15.5 Å². The predicted octanol–water partition coefficient (Wildman–Crippen LogP) is 1.43. The predicted molar refractivity (Wildman–Crippen MR) is 70.2 cm³/mol. The summed E-state index contributed by atoms with van der Waals surface area (Å²) in [7, 11) is 0.